The van der Waals surface area contributed by atoms with Crippen molar-refractivity contribution in [3.63, 3.8) is 0 Å². The van der Waals surface area contributed by atoms with Gasteiger partial charge < -0.3 is 9.88 Å². The van der Waals surface area contributed by atoms with Crippen molar-refractivity contribution in [2.24, 2.45) is 7.05 Å². The van der Waals surface area contributed by atoms with E-state index in [1.165, 1.54) is 0 Å². The second-order valence-corrected chi connectivity index (χ2v) is 6.20. The summed E-state index contributed by atoms with van der Waals surface area (Å²) >= 11 is 3.35. The van der Waals surface area contributed by atoms with E-state index in [-0.39, 0.29) is 11.9 Å². The normalized spacial score (nSPS) is 12.1. The second-order valence-electron chi connectivity index (χ2n) is 5.35. The van der Waals surface area contributed by atoms with Crippen LogP contribution in [0.3, 0.4) is 0 Å². The number of rotatable bonds is 4. The molecule has 2 aromatic heterocycles. The molecule has 0 saturated carbocycles. The minimum Gasteiger partial charge on any atom is -0.344 e. The molecule has 0 saturated heterocycles. The van der Waals surface area contributed by atoms with Crippen LogP contribution in [0, 0.1) is 0 Å². The van der Waals surface area contributed by atoms with Gasteiger partial charge in [0.1, 0.15) is 5.69 Å². The van der Waals surface area contributed by atoms with Gasteiger partial charge in [0.05, 0.1) is 16.7 Å². The summed E-state index contributed by atoms with van der Waals surface area (Å²) in [6, 6.07) is 12.0. The third kappa shape index (κ3) is 3.22. The van der Waals surface area contributed by atoms with E-state index < -0.39 is 0 Å². The standard InChI is InChI=1S/C17H17BrN4O/c1-12(20-17(23)16-15(18)11-19-21(16)2)13-6-5-7-14(10-13)22-8-3-4-9-22/h3-12H,1-2H3,(H,20,23). The van der Waals surface area contributed by atoms with Gasteiger partial charge in [-0.25, -0.2) is 0 Å². The fraction of sp³-hybridized carbons (Fsp3) is 0.176. The maximum absolute atomic E-state index is 12.4. The number of halogens is 1. The molecular weight excluding hydrogens is 356 g/mol. The van der Waals surface area contributed by atoms with Crippen LogP contribution in [0.15, 0.2) is 59.5 Å². The molecule has 0 bridgehead atoms. The van der Waals surface area contributed by atoms with Crippen molar-refractivity contribution >= 4 is 21.8 Å². The van der Waals surface area contributed by atoms with Crippen LogP contribution in [0.5, 0.6) is 0 Å². The molecule has 1 aromatic carbocycles. The van der Waals surface area contributed by atoms with Crippen LogP contribution in [-0.2, 0) is 7.05 Å². The monoisotopic (exact) mass is 372 g/mol. The second kappa shape index (κ2) is 6.42. The fourth-order valence-electron chi connectivity index (χ4n) is 2.48. The average molecular weight is 373 g/mol. The maximum atomic E-state index is 12.4. The lowest BCUT2D eigenvalue weighted by Gasteiger charge is -2.16. The van der Waals surface area contributed by atoms with Crippen LogP contribution in [0.2, 0.25) is 0 Å². The quantitative estimate of drug-likeness (QED) is 0.762. The van der Waals surface area contributed by atoms with Crippen molar-refractivity contribution in [1.82, 2.24) is 19.7 Å². The van der Waals surface area contributed by atoms with Gasteiger partial charge in [0.15, 0.2) is 0 Å². The average Bonchev–Trinajstić information content (AvgIpc) is 3.17. The lowest BCUT2D eigenvalue weighted by atomic mass is 10.1. The summed E-state index contributed by atoms with van der Waals surface area (Å²) in [6.45, 7) is 1.97. The molecule has 0 aliphatic rings. The smallest absolute Gasteiger partial charge is 0.271 e. The Labute approximate surface area is 143 Å². The molecule has 118 valence electrons. The Kier molecular flexibility index (Phi) is 4.34. The van der Waals surface area contributed by atoms with E-state index in [0.717, 1.165) is 11.3 Å². The first-order chi connectivity index (χ1) is 11.1. The molecule has 6 heteroatoms. The van der Waals surface area contributed by atoms with Crippen molar-refractivity contribution in [2.75, 3.05) is 0 Å². The van der Waals surface area contributed by atoms with Gasteiger partial charge in [-0.05, 0) is 52.7 Å². The highest BCUT2D eigenvalue weighted by Gasteiger charge is 2.18. The Morgan fingerprint density at radius 3 is 2.65 bits per heavy atom. The van der Waals surface area contributed by atoms with Crippen LogP contribution in [-0.4, -0.2) is 20.3 Å². The molecule has 1 unspecified atom stereocenters. The summed E-state index contributed by atoms with van der Waals surface area (Å²) in [7, 11) is 1.75. The molecule has 0 aliphatic carbocycles. The first-order valence-electron chi connectivity index (χ1n) is 7.28. The molecule has 23 heavy (non-hydrogen) atoms. The Morgan fingerprint density at radius 2 is 2.00 bits per heavy atom. The Bertz CT molecular complexity index is 803. The first-order valence-corrected chi connectivity index (χ1v) is 8.07. The largest absolute Gasteiger partial charge is 0.344 e. The highest BCUT2D eigenvalue weighted by atomic mass is 79.9. The van der Waals surface area contributed by atoms with Crippen molar-refractivity contribution < 1.29 is 4.79 Å². The van der Waals surface area contributed by atoms with Crippen LogP contribution in [0.25, 0.3) is 5.69 Å². The molecule has 1 N–H and O–H groups in total. The van der Waals surface area contributed by atoms with E-state index >= 15 is 0 Å². The maximum Gasteiger partial charge on any atom is 0.271 e. The fourth-order valence-corrected chi connectivity index (χ4v) is 3.00. The highest BCUT2D eigenvalue weighted by Crippen LogP contribution is 2.19. The molecule has 0 fully saturated rings. The van der Waals surface area contributed by atoms with Gasteiger partial charge in [-0.1, -0.05) is 12.1 Å². The van der Waals surface area contributed by atoms with Crippen molar-refractivity contribution in [1.29, 1.82) is 0 Å². The topological polar surface area (TPSA) is 51.9 Å². The number of hydrogen-bond acceptors (Lipinski definition) is 2. The van der Waals surface area contributed by atoms with E-state index in [1.807, 2.05) is 54.2 Å². The molecule has 3 aromatic rings. The van der Waals surface area contributed by atoms with Gasteiger partial charge in [-0.3, -0.25) is 9.48 Å². The molecule has 5 nitrogen and oxygen atoms in total. The number of nitrogens with zero attached hydrogens (tertiary/aromatic N) is 3. The third-order valence-electron chi connectivity index (χ3n) is 3.73. The minimum atomic E-state index is -0.157. The van der Waals surface area contributed by atoms with Crippen LogP contribution in [0.1, 0.15) is 29.0 Å². The van der Waals surface area contributed by atoms with Gasteiger partial charge in [-0.15, -0.1) is 0 Å². The number of carbonyl (C=O) groups excluding carboxylic acids is 1. The number of aromatic nitrogens is 3. The Hall–Kier alpha value is -2.34. The summed E-state index contributed by atoms with van der Waals surface area (Å²) in [5.41, 5.74) is 2.62. The third-order valence-corrected chi connectivity index (χ3v) is 4.31. The molecule has 0 aliphatic heterocycles. The van der Waals surface area contributed by atoms with Crippen molar-refractivity contribution in [3.8, 4) is 5.69 Å². The SMILES string of the molecule is CC(NC(=O)c1c(Br)cnn1C)c1cccc(-n2cccc2)c1. The number of benzene rings is 1. The highest BCUT2D eigenvalue weighted by molar-refractivity contribution is 9.10. The van der Waals surface area contributed by atoms with Gasteiger partial charge in [0.2, 0.25) is 0 Å². The van der Waals surface area contributed by atoms with Crippen LogP contribution < -0.4 is 5.32 Å². The molecule has 1 amide bonds. The zero-order valence-electron chi connectivity index (χ0n) is 12.9. The van der Waals surface area contributed by atoms with Crippen LogP contribution >= 0.6 is 15.9 Å². The summed E-state index contributed by atoms with van der Waals surface area (Å²) in [5.74, 6) is -0.157. The van der Waals surface area contributed by atoms with Crippen molar-refractivity contribution in [3.05, 3.63) is 70.7 Å². The zero-order valence-corrected chi connectivity index (χ0v) is 14.5. The zero-order chi connectivity index (χ0) is 16.4. The molecular formula is C17H17BrN4O. The van der Waals surface area contributed by atoms with Gasteiger partial charge in [0, 0.05) is 25.1 Å². The van der Waals surface area contributed by atoms with Gasteiger partial charge in [-0.2, -0.15) is 5.10 Å². The minimum absolute atomic E-state index is 0.111. The van der Waals surface area contributed by atoms with Crippen molar-refractivity contribution in [2.45, 2.75) is 13.0 Å². The lowest BCUT2D eigenvalue weighted by Crippen LogP contribution is -2.28. The predicted molar refractivity (Wildman–Crippen MR) is 92.6 cm³/mol. The summed E-state index contributed by atoms with van der Waals surface area (Å²) in [4.78, 5) is 12.4. The predicted octanol–water partition coefficient (Wildman–Crippen LogP) is 3.46. The summed E-state index contributed by atoms with van der Waals surface area (Å²) in [6.07, 6.45) is 5.61. The number of aryl methyl sites for hydroxylation is 1. The Balaban J connectivity index is 1.80. The van der Waals surface area contributed by atoms with Gasteiger partial charge >= 0.3 is 0 Å². The lowest BCUT2D eigenvalue weighted by molar-refractivity contribution is 0.0929. The summed E-state index contributed by atoms with van der Waals surface area (Å²) < 4.78 is 4.28. The molecule has 3 rings (SSSR count). The van der Waals surface area contributed by atoms with E-state index in [4.69, 9.17) is 0 Å². The number of carbonyl (C=O) groups is 1. The first kappa shape index (κ1) is 15.6. The molecule has 0 radical (unpaired) electrons. The number of nitrogens with one attached hydrogen (secondary N) is 1. The number of hydrogen-bond donors (Lipinski definition) is 1. The Morgan fingerprint density at radius 1 is 1.26 bits per heavy atom. The van der Waals surface area contributed by atoms with Crippen LogP contribution in [0.4, 0.5) is 0 Å². The molecule has 2 heterocycles. The van der Waals surface area contributed by atoms with E-state index in [0.29, 0.717) is 10.2 Å². The van der Waals surface area contributed by atoms with E-state index in [2.05, 4.69) is 32.4 Å². The number of amides is 1. The van der Waals surface area contributed by atoms with Gasteiger partial charge in [0.25, 0.3) is 5.91 Å². The van der Waals surface area contributed by atoms with E-state index in [9.17, 15) is 4.79 Å². The van der Waals surface area contributed by atoms with E-state index in [1.54, 1.807) is 17.9 Å². The molecule has 1 atom stereocenters. The molecule has 0 spiro atoms. The summed E-state index contributed by atoms with van der Waals surface area (Å²) in [5, 5.41) is 7.08.